The molecule has 0 unspecified atom stereocenters. The van der Waals surface area contributed by atoms with Crippen molar-refractivity contribution in [3.63, 3.8) is 0 Å². The Kier molecular flexibility index (Phi) is 13.5. The summed E-state index contributed by atoms with van der Waals surface area (Å²) in [5.74, 6) is -0.247. The molecular weight excluding hydrogens is 483 g/mol. The number of ether oxygens (including phenoxy) is 2. The third-order valence-corrected chi connectivity index (χ3v) is 6.80. The topological polar surface area (TPSA) is 77.5 Å². The molecule has 0 spiro atoms. The summed E-state index contributed by atoms with van der Waals surface area (Å²) >= 11 is 0. The number of alkyl carbamates (subject to hydrolysis) is 1. The second-order valence-electron chi connectivity index (χ2n) is 9.69. The zero-order valence-electron chi connectivity index (χ0n) is 23.4. The van der Waals surface area contributed by atoms with Gasteiger partial charge < -0.3 is 14.8 Å². The quantitative estimate of drug-likeness (QED) is 0.242. The van der Waals surface area contributed by atoms with E-state index in [9.17, 15) is 14.0 Å². The summed E-state index contributed by atoms with van der Waals surface area (Å²) < 4.78 is 24.3. The predicted molar refractivity (Wildman–Crippen MR) is 150 cm³/mol. The van der Waals surface area contributed by atoms with Gasteiger partial charge in [-0.2, -0.15) is 0 Å². The van der Waals surface area contributed by atoms with Gasteiger partial charge in [0.05, 0.1) is 12.3 Å². The van der Waals surface area contributed by atoms with Crippen LogP contribution in [0.25, 0.3) is 17.2 Å². The minimum absolute atomic E-state index is 0.0614. The Morgan fingerprint density at radius 3 is 2.47 bits per heavy atom. The van der Waals surface area contributed by atoms with Crippen molar-refractivity contribution in [2.75, 3.05) is 6.61 Å². The largest absolute Gasteiger partial charge is 0.462 e. The Balaban J connectivity index is 2.11. The van der Waals surface area contributed by atoms with E-state index in [0.717, 1.165) is 48.9 Å². The number of carbonyl (C=O) groups is 2. The van der Waals surface area contributed by atoms with Crippen molar-refractivity contribution in [3.05, 3.63) is 60.2 Å². The van der Waals surface area contributed by atoms with Crippen molar-refractivity contribution in [1.82, 2.24) is 10.3 Å². The molecule has 4 atom stereocenters. The monoisotopic (exact) mass is 526 g/mol. The minimum Gasteiger partial charge on any atom is -0.462 e. The number of halogens is 1. The number of rotatable bonds is 15. The molecule has 1 aromatic heterocycles. The van der Waals surface area contributed by atoms with E-state index in [1.807, 2.05) is 31.2 Å². The summed E-state index contributed by atoms with van der Waals surface area (Å²) in [7, 11) is 0. The van der Waals surface area contributed by atoms with Gasteiger partial charge in [-0.25, -0.2) is 9.18 Å². The van der Waals surface area contributed by atoms with E-state index >= 15 is 0 Å². The molecular formula is C31H43FN2O4. The minimum atomic E-state index is -0.372. The molecule has 0 bridgehead atoms. The Bertz CT molecular complexity index is 1020. The Hall–Kier alpha value is -3.22. The molecule has 208 valence electrons. The van der Waals surface area contributed by atoms with E-state index in [1.54, 1.807) is 26.1 Å². The van der Waals surface area contributed by atoms with Gasteiger partial charge in [-0.3, -0.25) is 9.78 Å². The van der Waals surface area contributed by atoms with Crippen LogP contribution in [0.15, 0.2) is 48.7 Å². The summed E-state index contributed by atoms with van der Waals surface area (Å²) in [4.78, 5) is 28.4. The first-order chi connectivity index (χ1) is 18.3. The SMILES string of the molecule is CCC[C@@H](CCC[C@H](/C=C/c1ccc(-c2cccc(F)c2)cn1)[C@@H](C)[C@@H](C)OC(=O)CC)NC(=O)OCC. The smallest absolute Gasteiger partial charge is 0.407 e. The van der Waals surface area contributed by atoms with E-state index in [0.29, 0.717) is 13.0 Å². The highest BCUT2D eigenvalue weighted by molar-refractivity contribution is 5.69. The summed E-state index contributed by atoms with van der Waals surface area (Å²) in [5, 5.41) is 2.98. The van der Waals surface area contributed by atoms with Gasteiger partial charge in [0.2, 0.25) is 0 Å². The Morgan fingerprint density at radius 2 is 1.84 bits per heavy atom. The fourth-order valence-corrected chi connectivity index (χ4v) is 4.42. The molecule has 0 radical (unpaired) electrons. The number of amides is 1. The molecule has 7 heteroatoms. The Morgan fingerprint density at radius 1 is 1.05 bits per heavy atom. The first-order valence-electron chi connectivity index (χ1n) is 13.8. The van der Waals surface area contributed by atoms with Crippen LogP contribution in [0.5, 0.6) is 0 Å². The number of aromatic nitrogens is 1. The van der Waals surface area contributed by atoms with Crippen LogP contribution in [0.4, 0.5) is 9.18 Å². The van der Waals surface area contributed by atoms with Crippen LogP contribution in [-0.4, -0.2) is 35.8 Å². The molecule has 1 amide bonds. The van der Waals surface area contributed by atoms with Gasteiger partial charge in [0.15, 0.2) is 0 Å². The van der Waals surface area contributed by atoms with E-state index in [4.69, 9.17) is 9.47 Å². The lowest BCUT2D eigenvalue weighted by molar-refractivity contribution is -0.150. The number of hydrogen-bond donors (Lipinski definition) is 1. The fraction of sp³-hybridized carbons (Fsp3) is 0.516. The molecule has 6 nitrogen and oxygen atoms in total. The van der Waals surface area contributed by atoms with Crippen LogP contribution < -0.4 is 5.32 Å². The average Bonchev–Trinajstić information content (AvgIpc) is 2.90. The van der Waals surface area contributed by atoms with Gasteiger partial charge in [-0.15, -0.1) is 0 Å². The number of hydrogen-bond acceptors (Lipinski definition) is 5. The van der Waals surface area contributed by atoms with Crippen molar-refractivity contribution in [1.29, 1.82) is 0 Å². The molecule has 0 aliphatic carbocycles. The number of allylic oxidation sites excluding steroid dienone is 1. The molecule has 0 saturated heterocycles. The van der Waals surface area contributed by atoms with E-state index in [1.165, 1.54) is 12.1 Å². The predicted octanol–water partition coefficient (Wildman–Crippen LogP) is 7.58. The number of carbonyl (C=O) groups excluding carboxylic acids is 2. The van der Waals surface area contributed by atoms with Gasteiger partial charge in [0.25, 0.3) is 0 Å². The summed E-state index contributed by atoms with van der Waals surface area (Å²) in [6, 6.07) is 10.4. The third kappa shape index (κ3) is 10.6. The van der Waals surface area contributed by atoms with Crippen LogP contribution >= 0.6 is 0 Å². The average molecular weight is 527 g/mol. The highest BCUT2D eigenvalue weighted by Crippen LogP contribution is 2.27. The molecule has 2 rings (SSSR count). The number of benzene rings is 1. The van der Waals surface area contributed by atoms with Gasteiger partial charge in [0.1, 0.15) is 11.9 Å². The molecule has 1 heterocycles. The van der Waals surface area contributed by atoms with Crippen LogP contribution in [0, 0.1) is 17.7 Å². The van der Waals surface area contributed by atoms with Crippen molar-refractivity contribution in [2.45, 2.75) is 85.3 Å². The van der Waals surface area contributed by atoms with Crippen LogP contribution in [-0.2, 0) is 14.3 Å². The molecule has 0 fully saturated rings. The maximum Gasteiger partial charge on any atom is 0.407 e. The standard InChI is InChI=1S/C31H43FN2O4/c1-6-11-29(34-31(36)37-8-3)15-10-12-24(22(4)23(5)38-30(35)7-2)16-18-28-19-17-26(21-33-28)25-13-9-14-27(32)20-25/h9,13-14,16-24,29H,6-8,10-12,15H2,1-5H3,(H,34,36)/b18-16+/t22-,23+,24+,29-/m0/s1. The summed E-state index contributed by atoms with van der Waals surface area (Å²) in [6.45, 7) is 10.1. The van der Waals surface area contributed by atoms with Crippen molar-refractivity contribution in [3.8, 4) is 11.1 Å². The maximum absolute atomic E-state index is 13.6. The first kappa shape index (κ1) is 31.0. The highest BCUT2D eigenvalue weighted by atomic mass is 19.1. The maximum atomic E-state index is 13.6. The van der Waals surface area contributed by atoms with E-state index < -0.39 is 0 Å². The lowest BCUT2D eigenvalue weighted by Gasteiger charge is -2.27. The van der Waals surface area contributed by atoms with Crippen LogP contribution in [0.3, 0.4) is 0 Å². The van der Waals surface area contributed by atoms with E-state index in [-0.39, 0.29) is 41.9 Å². The molecule has 2 aromatic rings. The number of nitrogens with one attached hydrogen (secondary N) is 1. The van der Waals surface area contributed by atoms with Crippen LogP contribution in [0.1, 0.15) is 78.8 Å². The van der Waals surface area contributed by atoms with Crippen molar-refractivity contribution in [2.24, 2.45) is 11.8 Å². The highest BCUT2D eigenvalue weighted by Gasteiger charge is 2.24. The molecule has 38 heavy (non-hydrogen) atoms. The zero-order valence-corrected chi connectivity index (χ0v) is 23.4. The van der Waals surface area contributed by atoms with Gasteiger partial charge in [0, 0.05) is 24.2 Å². The molecule has 1 N–H and O–H groups in total. The first-order valence-corrected chi connectivity index (χ1v) is 13.8. The second-order valence-corrected chi connectivity index (χ2v) is 9.69. The summed E-state index contributed by atoms with van der Waals surface area (Å²) in [5.41, 5.74) is 2.43. The molecule has 0 aliphatic heterocycles. The lowest BCUT2D eigenvalue weighted by Crippen LogP contribution is -2.35. The van der Waals surface area contributed by atoms with Crippen LogP contribution in [0.2, 0.25) is 0 Å². The number of nitrogens with zero attached hydrogens (tertiary/aromatic N) is 1. The van der Waals surface area contributed by atoms with Crippen molar-refractivity contribution < 1.29 is 23.5 Å². The number of esters is 1. The van der Waals surface area contributed by atoms with E-state index in [2.05, 4.69) is 30.2 Å². The van der Waals surface area contributed by atoms with Gasteiger partial charge in [-0.1, -0.05) is 57.9 Å². The Labute approximate surface area is 227 Å². The van der Waals surface area contributed by atoms with Gasteiger partial charge >= 0.3 is 12.1 Å². The molecule has 1 aromatic carbocycles. The zero-order chi connectivity index (χ0) is 27.9. The number of pyridine rings is 1. The second kappa shape index (κ2) is 16.6. The summed E-state index contributed by atoms with van der Waals surface area (Å²) in [6.07, 6.45) is 10.1. The fourth-order valence-electron chi connectivity index (χ4n) is 4.42. The lowest BCUT2D eigenvalue weighted by atomic mass is 9.84. The normalized spacial score (nSPS) is 14.5. The molecule has 0 aliphatic rings. The third-order valence-electron chi connectivity index (χ3n) is 6.80. The van der Waals surface area contributed by atoms with Gasteiger partial charge in [-0.05, 0) is 74.8 Å². The molecule has 0 saturated carbocycles. The van der Waals surface area contributed by atoms with Crippen molar-refractivity contribution >= 4 is 18.1 Å².